The average Bonchev–Trinajstić information content (AvgIpc) is 3.10. The van der Waals surface area contributed by atoms with Crippen molar-refractivity contribution in [2.75, 3.05) is 7.11 Å². The molecule has 1 aromatic carbocycles. The first kappa shape index (κ1) is 13.4. The molecular formula is C17H15NO3. The van der Waals surface area contributed by atoms with Crippen LogP contribution < -0.4 is 4.74 Å². The third-order valence-corrected chi connectivity index (χ3v) is 3.46. The standard InChI is InChI=1S/C17H15NO3/c1-20-15-8-6-13(7-9-15)17(19,16-5-3-11-21-16)14-4-2-10-18-12-14/h2-12,19H,1H3. The molecule has 0 fully saturated rings. The number of ether oxygens (including phenoxy) is 1. The van der Waals surface area contributed by atoms with E-state index in [0.717, 1.165) is 5.75 Å². The molecule has 0 bridgehead atoms. The second-order valence-electron chi connectivity index (χ2n) is 4.66. The SMILES string of the molecule is COc1ccc(C(O)(c2cccnc2)c2ccco2)cc1. The third-order valence-electron chi connectivity index (χ3n) is 3.46. The average molecular weight is 281 g/mol. The molecule has 2 heterocycles. The van der Waals surface area contributed by atoms with Gasteiger partial charge in [0.1, 0.15) is 11.5 Å². The fourth-order valence-electron chi connectivity index (χ4n) is 2.34. The van der Waals surface area contributed by atoms with Crippen LogP contribution >= 0.6 is 0 Å². The summed E-state index contributed by atoms with van der Waals surface area (Å²) in [7, 11) is 1.61. The van der Waals surface area contributed by atoms with Crippen LogP contribution in [0.2, 0.25) is 0 Å². The normalized spacial score (nSPS) is 13.6. The zero-order chi connectivity index (χ0) is 14.7. The van der Waals surface area contributed by atoms with Gasteiger partial charge in [-0.15, -0.1) is 0 Å². The van der Waals surface area contributed by atoms with Crippen molar-refractivity contribution < 1.29 is 14.3 Å². The third kappa shape index (κ3) is 2.30. The van der Waals surface area contributed by atoms with E-state index in [-0.39, 0.29) is 0 Å². The molecule has 0 saturated heterocycles. The second-order valence-corrected chi connectivity index (χ2v) is 4.66. The Kier molecular flexibility index (Phi) is 3.46. The van der Waals surface area contributed by atoms with Gasteiger partial charge in [0.2, 0.25) is 0 Å². The van der Waals surface area contributed by atoms with Crippen molar-refractivity contribution in [1.82, 2.24) is 4.98 Å². The predicted octanol–water partition coefficient (Wildman–Crippen LogP) is 2.97. The number of hydrogen-bond acceptors (Lipinski definition) is 4. The van der Waals surface area contributed by atoms with E-state index in [1.165, 1.54) is 0 Å². The van der Waals surface area contributed by atoms with Gasteiger partial charge in [-0.05, 0) is 35.9 Å². The molecule has 0 saturated carbocycles. The highest BCUT2D eigenvalue weighted by molar-refractivity contribution is 5.44. The molecule has 3 aromatic rings. The van der Waals surface area contributed by atoms with Gasteiger partial charge in [-0.3, -0.25) is 4.98 Å². The molecule has 0 aliphatic heterocycles. The Morgan fingerprint density at radius 1 is 1.05 bits per heavy atom. The molecular weight excluding hydrogens is 266 g/mol. The summed E-state index contributed by atoms with van der Waals surface area (Å²) in [6, 6.07) is 14.3. The Balaban J connectivity index is 2.16. The maximum absolute atomic E-state index is 11.3. The predicted molar refractivity (Wildman–Crippen MR) is 78.0 cm³/mol. The summed E-state index contributed by atoms with van der Waals surface area (Å²) in [6.45, 7) is 0. The van der Waals surface area contributed by atoms with E-state index in [1.807, 2.05) is 18.2 Å². The molecule has 1 N–H and O–H groups in total. The van der Waals surface area contributed by atoms with Crippen LogP contribution in [0.25, 0.3) is 0 Å². The van der Waals surface area contributed by atoms with Gasteiger partial charge in [0.25, 0.3) is 0 Å². The van der Waals surface area contributed by atoms with Crippen LogP contribution in [-0.2, 0) is 5.60 Å². The maximum Gasteiger partial charge on any atom is 0.174 e. The van der Waals surface area contributed by atoms with Gasteiger partial charge in [-0.1, -0.05) is 18.2 Å². The molecule has 106 valence electrons. The van der Waals surface area contributed by atoms with Crippen molar-refractivity contribution in [1.29, 1.82) is 0 Å². The highest BCUT2D eigenvalue weighted by Crippen LogP contribution is 2.37. The summed E-state index contributed by atoms with van der Waals surface area (Å²) in [6.07, 6.45) is 4.84. The fourth-order valence-corrected chi connectivity index (χ4v) is 2.34. The van der Waals surface area contributed by atoms with Crippen molar-refractivity contribution in [3.05, 3.63) is 84.1 Å². The van der Waals surface area contributed by atoms with Crippen molar-refractivity contribution in [2.24, 2.45) is 0 Å². The number of benzene rings is 1. The maximum atomic E-state index is 11.3. The van der Waals surface area contributed by atoms with Gasteiger partial charge >= 0.3 is 0 Å². The summed E-state index contributed by atoms with van der Waals surface area (Å²) in [5.41, 5.74) is -0.0549. The monoisotopic (exact) mass is 281 g/mol. The van der Waals surface area contributed by atoms with Gasteiger partial charge in [0.05, 0.1) is 13.4 Å². The van der Waals surface area contributed by atoms with E-state index in [0.29, 0.717) is 16.9 Å². The Labute approximate surface area is 122 Å². The second kappa shape index (κ2) is 5.42. The number of aliphatic hydroxyl groups is 1. The number of aromatic nitrogens is 1. The molecule has 21 heavy (non-hydrogen) atoms. The van der Waals surface area contributed by atoms with Crippen molar-refractivity contribution in [2.45, 2.75) is 5.60 Å². The van der Waals surface area contributed by atoms with Gasteiger partial charge in [-0.25, -0.2) is 0 Å². The van der Waals surface area contributed by atoms with Crippen LogP contribution in [0.1, 0.15) is 16.9 Å². The molecule has 0 amide bonds. The van der Waals surface area contributed by atoms with Crippen molar-refractivity contribution >= 4 is 0 Å². The van der Waals surface area contributed by atoms with E-state index in [2.05, 4.69) is 4.98 Å². The summed E-state index contributed by atoms with van der Waals surface area (Å²) < 4.78 is 10.6. The zero-order valence-electron chi connectivity index (χ0n) is 11.6. The van der Waals surface area contributed by atoms with Crippen LogP contribution in [0.4, 0.5) is 0 Å². The highest BCUT2D eigenvalue weighted by Gasteiger charge is 2.36. The van der Waals surface area contributed by atoms with Crippen LogP contribution in [0.3, 0.4) is 0 Å². The molecule has 0 spiro atoms. The minimum atomic E-state index is -1.38. The summed E-state index contributed by atoms with van der Waals surface area (Å²) >= 11 is 0. The molecule has 1 atom stereocenters. The van der Waals surface area contributed by atoms with E-state index in [9.17, 15) is 5.11 Å². The Morgan fingerprint density at radius 2 is 1.86 bits per heavy atom. The summed E-state index contributed by atoms with van der Waals surface area (Å²) in [5.74, 6) is 1.17. The minimum absolute atomic E-state index is 0.445. The number of rotatable bonds is 4. The van der Waals surface area contributed by atoms with Crippen molar-refractivity contribution in [3.8, 4) is 5.75 Å². The van der Waals surface area contributed by atoms with Gasteiger partial charge < -0.3 is 14.3 Å². The topological polar surface area (TPSA) is 55.5 Å². The Hall–Kier alpha value is -2.59. The van der Waals surface area contributed by atoms with E-state index < -0.39 is 5.60 Å². The van der Waals surface area contributed by atoms with Crippen LogP contribution in [0.15, 0.2) is 71.6 Å². The van der Waals surface area contributed by atoms with Gasteiger partial charge in [0.15, 0.2) is 5.60 Å². The summed E-state index contributed by atoms with van der Waals surface area (Å²) in [5, 5.41) is 11.3. The number of methoxy groups -OCH3 is 1. The lowest BCUT2D eigenvalue weighted by atomic mass is 9.85. The number of pyridine rings is 1. The fraction of sp³-hybridized carbons (Fsp3) is 0.118. The summed E-state index contributed by atoms with van der Waals surface area (Å²) in [4.78, 5) is 4.09. The lowest BCUT2D eigenvalue weighted by molar-refractivity contribution is 0.0986. The highest BCUT2D eigenvalue weighted by atomic mass is 16.5. The molecule has 4 heteroatoms. The van der Waals surface area contributed by atoms with Crippen molar-refractivity contribution in [3.63, 3.8) is 0 Å². The molecule has 1 unspecified atom stereocenters. The lowest BCUT2D eigenvalue weighted by Crippen LogP contribution is -2.28. The quantitative estimate of drug-likeness (QED) is 0.798. The smallest absolute Gasteiger partial charge is 0.174 e. The Bertz CT molecular complexity index is 693. The molecule has 0 radical (unpaired) electrons. The van der Waals surface area contributed by atoms with Gasteiger partial charge in [-0.2, -0.15) is 0 Å². The zero-order valence-corrected chi connectivity index (χ0v) is 11.6. The van der Waals surface area contributed by atoms with Crippen LogP contribution in [0.5, 0.6) is 5.75 Å². The minimum Gasteiger partial charge on any atom is -0.497 e. The lowest BCUT2D eigenvalue weighted by Gasteiger charge is -2.27. The molecule has 0 aliphatic carbocycles. The molecule has 0 aliphatic rings. The first-order valence-electron chi connectivity index (χ1n) is 6.56. The number of nitrogens with zero attached hydrogens (tertiary/aromatic N) is 1. The van der Waals surface area contributed by atoms with E-state index in [4.69, 9.17) is 9.15 Å². The van der Waals surface area contributed by atoms with Crippen LogP contribution in [0, 0.1) is 0 Å². The molecule has 2 aromatic heterocycles. The Morgan fingerprint density at radius 3 is 2.43 bits per heavy atom. The van der Waals surface area contributed by atoms with E-state index >= 15 is 0 Å². The largest absolute Gasteiger partial charge is 0.497 e. The first-order chi connectivity index (χ1) is 10.2. The molecule has 3 rings (SSSR count). The van der Waals surface area contributed by atoms with Gasteiger partial charge in [0, 0.05) is 18.0 Å². The molecule has 4 nitrogen and oxygen atoms in total. The van der Waals surface area contributed by atoms with Crippen LogP contribution in [-0.4, -0.2) is 17.2 Å². The van der Waals surface area contributed by atoms with E-state index in [1.54, 1.807) is 56.1 Å². The number of hydrogen-bond donors (Lipinski definition) is 1. The first-order valence-corrected chi connectivity index (χ1v) is 6.56. The number of furan rings is 1.